The molecule has 0 aromatic heterocycles. The second kappa shape index (κ2) is 9.75. The number of imide groups is 1. The molecule has 1 aliphatic heterocycles. The van der Waals surface area contributed by atoms with E-state index in [4.69, 9.17) is 4.74 Å². The van der Waals surface area contributed by atoms with Crippen LogP contribution in [0.2, 0.25) is 0 Å². The number of urea groups is 1. The highest BCUT2D eigenvalue weighted by molar-refractivity contribution is 6.07. The van der Waals surface area contributed by atoms with Crippen molar-refractivity contribution in [3.63, 3.8) is 0 Å². The van der Waals surface area contributed by atoms with Crippen molar-refractivity contribution in [2.24, 2.45) is 0 Å². The molecule has 9 nitrogen and oxygen atoms in total. The van der Waals surface area contributed by atoms with Crippen LogP contribution in [0.15, 0.2) is 60.7 Å². The van der Waals surface area contributed by atoms with Crippen molar-refractivity contribution in [2.45, 2.75) is 25.3 Å². The Morgan fingerprint density at radius 2 is 1.65 bits per heavy atom. The average Bonchev–Trinajstić information content (AvgIpc) is 2.99. The topological polar surface area (TPSA) is 117 Å². The predicted octanol–water partition coefficient (Wildman–Crippen LogP) is 1.16. The molecule has 9 heteroatoms. The zero-order chi connectivity index (χ0) is 22.3. The van der Waals surface area contributed by atoms with Crippen LogP contribution in [0.25, 0.3) is 0 Å². The quantitative estimate of drug-likeness (QED) is 0.522. The molecular formula is C22H24N4O5. The van der Waals surface area contributed by atoms with E-state index >= 15 is 0 Å². The number of hydrazine groups is 1. The number of aryl methyl sites for hydroxylation is 1. The maximum absolute atomic E-state index is 12.7. The zero-order valence-electron chi connectivity index (χ0n) is 17.1. The van der Waals surface area contributed by atoms with Gasteiger partial charge in [0, 0.05) is 0 Å². The summed E-state index contributed by atoms with van der Waals surface area (Å²) >= 11 is 0. The SMILES string of the molecule is CC1(CCc2ccccc2)NC(=O)N(NC(=O)CNC(=O)COc2ccccc2)C1=O. The number of nitrogens with zero attached hydrogens (tertiary/aromatic N) is 1. The van der Waals surface area contributed by atoms with Crippen molar-refractivity contribution >= 4 is 23.8 Å². The van der Waals surface area contributed by atoms with E-state index in [-0.39, 0.29) is 6.61 Å². The summed E-state index contributed by atoms with van der Waals surface area (Å²) in [4.78, 5) is 48.9. The molecule has 0 spiro atoms. The molecule has 1 aliphatic rings. The van der Waals surface area contributed by atoms with Crippen molar-refractivity contribution in [1.82, 2.24) is 21.1 Å². The molecule has 3 N–H and O–H groups in total. The summed E-state index contributed by atoms with van der Waals surface area (Å²) in [6.45, 7) is 0.942. The third kappa shape index (κ3) is 5.81. The monoisotopic (exact) mass is 424 g/mol. The molecule has 0 saturated carbocycles. The lowest BCUT2D eigenvalue weighted by molar-refractivity contribution is -0.138. The third-order valence-corrected chi connectivity index (χ3v) is 4.81. The standard InChI is InChI=1S/C22H24N4O5/c1-22(13-12-16-8-4-2-5-9-16)20(29)26(21(30)24-22)25-18(27)14-23-19(28)15-31-17-10-6-3-7-11-17/h2-11H,12-15H2,1H3,(H,23,28)(H,24,30)(H,25,27). The van der Waals surface area contributed by atoms with Crippen LogP contribution in [0.3, 0.4) is 0 Å². The fourth-order valence-electron chi connectivity index (χ4n) is 3.05. The number of carbonyl (C=O) groups excluding carboxylic acids is 4. The van der Waals surface area contributed by atoms with Crippen LogP contribution in [0, 0.1) is 0 Å². The Balaban J connectivity index is 1.45. The van der Waals surface area contributed by atoms with Gasteiger partial charge < -0.3 is 15.4 Å². The first-order valence-corrected chi connectivity index (χ1v) is 9.82. The predicted molar refractivity (Wildman–Crippen MR) is 112 cm³/mol. The average molecular weight is 424 g/mol. The summed E-state index contributed by atoms with van der Waals surface area (Å²) in [7, 11) is 0. The lowest BCUT2D eigenvalue weighted by Crippen LogP contribution is -2.51. The first-order chi connectivity index (χ1) is 14.9. The van der Waals surface area contributed by atoms with Gasteiger partial charge in [-0.05, 0) is 37.5 Å². The number of benzene rings is 2. The molecule has 5 amide bonds. The molecule has 0 radical (unpaired) electrons. The van der Waals surface area contributed by atoms with E-state index in [1.54, 1.807) is 31.2 Å². The maximum Gasteiger partial charge on any atom is 0.344 e. The van der Waals surface area contributed by atoms with Gasteiger partial charge in [0.05, 0.1) is 6.54 Å². The Morgan fingerprint density at radius 3 is 2.32 bits per heavy atom. The third-order valence-electron chi connectivity index (χ3n) is 4.81. The maximum atomic E-state index is 12.7. The number of ether oxygens (including phenoxy) is 1. The van der Waals surface area contributed by atoms with Crippen molar-refractivity contribution in [1.29, 1.82) is 0 Å². The van der Waals surface area contributed by atoms with Gasteiger partial charge in [0.15, 0.2) is 6.61 Å². The summed E-state index contributed by atoms with van der Waals surface area (Å²) in [5, 5.41) is 5.66. The smallest absolute Gasteiger partial charge is 0.344 e. The normalized spacial score (nSPS) is 17.8. The van der Waals surface area contributed by atoms with Crippen LogP contribution in [0.5, 0.6) is 5.75 Å². The van der Waals surface area contributed by atoms with Crippen molar-refractivity contribution in [3.8, 4) is 5.75 Å². The lowest BCUT2D eigenvalue weighted by atomic mass is 9.93. The van der Waals surface area contributed by atoms with E-state index in [0.717, 1.165) is 5.56 Å². The first-order valence-electron chi connectivity index (χ1n) is 9.82. The van der Waals surface area contributed by atoms with E-state index < -0.39 is 35.8 Å². The van der Waals surface area contributed by atoms with E-state index in [0.29, 0.717) is 23.6 Å². The number of carbonyl (C=O) groups is 4. The van der Waals surface area contributed by atoms with Crippen LogP contribution >= 0.6 is 0 Å². The van der Waals surface area contributed by atoms with Gasteiger partial charge in [0.1, 0.15) is 11.3 Å². The zero-order valence-corrected chi connectivity index (χ0v) is 17.1. The summed E-state index contributed by atoms with van der Waals surface area (Å²) in [5.41, 5.74) is 2.14. The Morgan fingerprint density at radius 1 is 1.00 bits per heavy atom. The number of para-hydroxylation sites is 1. The molecule has 0 aliphatic carbocycles. The van der Waals surface area contributed by atoms with Gasteiger partial charge in [-0.1, -0.05) is 48.5 Å². The summed E-state index contributed by atoms with van der Waals surface area (Å²) in [5.74, 6) is -1.25. The van der Waals surface area contributed by atoms with Crippen LogP contribution < -0.4 is 20.8 Å². The van der Waals surface area contributed by atoms with Gasteiger partial charge in [0.25, 0.3) is 17.7 Å². The Bertz CT molecular complexity index is 951. The van der Waals surface area contributed by atoms with Gasteiger partial charge in [0.2, 0.25) is 0 Å². The fraction of sp³-hybridized carbons (Fsp3) is 0.273. The van der Waals surface area contributed by atoms with Gasteiger partial charge in [-0.2, -0.15) is 5.01 Å². The molecule has 2 aromatic carbocycles. The highest BCUT2D eigenvalue weighted by Crippen LogP contribution is 2.22. The molecule has 3 rings (SSSR count). The number of hydrogen-bond acceptors (Lipinski definition) is 5. The van der Waals surface area contributed by atoms with Crippen LogP contribution in [-0.4, -0.2) is 47.5 Å². The number of rotatable bonds is 9. The Labute approximate surface area is 179 Å². The molecule has 1 fully saturated rings. The molecule has 1 saturated heterocycles. The fourth-order valence-corrected chi connectivity index (χ4v) is 3.05. The molecule has 1 heterocycles. The first kappa shape index (κ1) is 21.8. The highest BCUT2D eigenvalue weighted by atomic mass is 16.5. The lowest BCUT2D eigenvalue weighted by Gasteiger charge is -2.21. The highest BCUT2D eigenvalue weighted by Gasteiger charge is 2.48. The van der Waals surface area contributed by atoms with Crippen LogP contribution in [0.4, 0.5) is 4.79 Å². The molecule has 1 unspecified atom stereocenters. The molecular weight excluding hydrogens is 400 g/mol. The number of amides is 5. The molecule has 31 heavy (non-hydrogen) atoms. The van der Waals surface area contributed by atoms with Crippen LogP contribution in [0.1, 0.15) is 18.9 Å². The second-order valence-electron chi connectivity index (χ2n) is 7.30. The van der Waals surface area contributed by atoms with E-state index in [1.165, 1.54) is 0 Å². The van der Waals surface area contributed by atoms with Crippen molar-refractivity contribution in [2.75, 3.05) is 13.2 Å². The molecule has 2 aromatic rings. The van der Waals surface area contributed by atoms with Gasteiger partial charge in [-0.3, -0.25) is 19.8 Å². The molecule has 0 bridgehead atoms. The number of hydrogen-bond donors (Lipinski definition) is 3. The van der Waals surface area contributed by atoms with E-state index in [2.05, 4.69) is 16.1 Å². The van der Waals surface area contributed by atoms with E-state index in [1.807, 2.05) is 36.4 Å². The Kier molecular flexibility index (Phi) is 6.86. The molecule has 1 atom stereocenters. The summed E-state index contributed by atoms with van der Waals surface area (Å²) < 4.78 is 5.29. The van der Waals surface area contributed by atoms with Crippen molar-refractivity contribution < 1.29 is 23.9 Å². The van der Waals surface area contributed by atoms with Gasteiger partial charge in [-0.15, -0.1) is 0 Å². The van der Waals surface area contributed by atoms with Crippen LogP contribution in [-0.2, 0) is 20.8 Å². The van der Waals surface area contributed by atoms with Gasteiger partial charge in [-0.25, -0.2) is 4.79 Å². The largest absolute Gasteiger partial charge is 0.484 e. The van der Waals surface area contributed by atoms with Gasteiger partial charge >= 0.3 is 6.03 Å². The minimum atomic E-state index is -1.13. The summed E-state index contributed by atoms with van der Waals surface area (Å²) in [6, 6.07) is 17.6. The van der Waals surface area contributed by atoms with Crippen molar-refractivity contribution in [3.05, 3.63) is 66.2 Å². The Hall–Kier alpha value is -3.88. The van der Waals surface area contributed by atoms with E-state index in [9.17, 15) is 19.2 Å². The summed E-state index contributed by atoms with van der Waals surface area (Å²) in [6.07, 6.45) is 0.962. The minimum absolute atomic E-state index is 0.266. The molecule has 162 valence electrons. The number of nitrogens with one attached hydrogen (secondary N) is 3. The second-order valence-corrected chi connectivity index (χ2v) is 7.30. The minimum Gasteiger partial charge on any atom is -0.484 e.